The minimum absolute atomic E-state index is 0.0308. The largest absolute Gasteiger partial charge is 0.356 e. The summed E-state index contributed by atoms with van der Waals surface area (Å²) in [7, 11) is 3.46. The van der Waals surface area contributed by atoms with E-state index >= 15 is 0 Å². The summed E-state index contributed by atoms with van der Waals surface area (Å²) < 4.78 is 1.79. The number of aryl methyl sites for hydroxylation is 1. The zero-order chi connectivity index (χ0) is 18.6. The summed E-state index contributed by atoms with van der Waals surface area (Å²) in [6.45, 7) is 2.37. The SMILES string of the molecule is CN(C)C(=O)CN=C(NCCCn1ccnn1)NCCc1ccccc1. The van der Waals surface area contributed by atoms with Crippen molar-refractivity contribution in [1.29, 1.82) is 0 Å². The van der Waals surface area contributed by atoms with Gasteiger partial charge >= 0.3 is 0 Å². The van der Waals surface area contributed by atoms with Crippen molar-refractivity contribution in [2.75, 3.05) is 33.7 Å². The summed E-state index contributed by atoms with van der Waals surface area (Å²) >= 11 is 0. The number of hydrogen-bond acceptors (Lipinski definition) is 4. The third kappa shape index (κ3) is 7.33. The Hall–Kier alpha value is -2.90. The number of aromatic nitrogens is 3. The van der Waals surface area contributed by atoms with Gasteiger partial charge in [-0.05, 0) is 18.4 Å². The molecule has 0 aliphatic heterocycles. The normalized spacial score (nSPS) is 11.2. The number of aliphatic imine (C=N–C) groups is 1. The molecule has 0 bridgehead atoms. The number of benzene rings is 1. The molecule has 2 N–H and O–H groups in total. The topological polar surface area (TPSA) is 87.4 Å². The average molecular weight is 357 g/mol. The predicted octanol–water partition coefficient (Wildman–Crippen LogP) is 0.534. The lowest BCUT2D eigenvalue weighted by molar-refractivity contribution is -0.127. The van der Waals surface area contributed by atoms with Gasteiger partial charge in [0.25, 0.3) is 0 Å². The number of likely N-dealkylation sites (N-methyl/N-ethyl adjacent to an activating group) is 1. The van der Waals surface area contributed by atoms with Crippen LogP contribution in [0, 0.1) is 0 Å². The molecule has 0 radical (unpaired) electrons. The molecule has 0 aliphatic rings. The third-order valence-electron chi connectivity index (χ3n) is 3.75. The molecule has 0 atom stereocenters. The predicted molar refractivity (Wildman–Crippen MR) is 102 cm³/mol. The van der Waals surface area contributed by atoms with E-state index in [0.717, 1.165) is 32.5 Å². The van der Waals surface area contributed by atoms with Gasteiger partial charge in [0.05, 0.1) is 6.20 Å². The molecule has 0 aliphatic carbocycles. The van der Waals surface area contributed by atoms with E-state index in [1.165, 1.54) is 10.5 Å². The van der Waals surface area contributed by atoms with Crippen LogP contribution in [-0.2, 0) is 17.8 Å². The Labute approximate surface area is 154 Å². The number of guanidine groups is 1. The molecular weight excluding hydrogens is 330 g/mol. The van der Waals surface area contributed by atoms with E-state index in [1.807, 2.05) is 24.4 Å². The Kier molecular flexibility index (Phi) is 8.11. The molecule has 0 fully saturated rings. The highest BCUT2D eigenvalue weighted by Gasteiger charge is 2.04. The van der Waals surface area contributed by atoms with Crippen molar-refractivity contribution >= 4 is 11.9 Å². The fourth-order valence-electron chi connectivity index (χ4n) is 2.23. The van der Waals surface area contributed by atoms with E-state index < -0.39 is 0 Å². The lowest BCUT2D eigenvalue weighted by Gasteiger charge is -2.14. The second kappa shape index (κ2) is 10.9. The highest BCUT2D eigenvalue weighted by molar-refractivity contribution is 5.84. The molecule has 0 saturated heterocycles. The van der Waals surface area contributed by atoms with E-state index in [1.54, 1.807) is 25.0 Å². The van der Waals surface area contributed by atoms with Crippen LogP contribution in [0.1, 0.15) is 12.0 Å². The Bertz CT molecular complexity index is 668. The number of nitrogens with zero attached hydrogens (tertiary/aromatic N) is 5. The summed E-state index contributed by atoms with van der Waals surface area (Å²) in [5, 5.41) is 14.3. The number of carbonyl (C=O) groups is 1. The smallest absolute Gasteiger partial charge is 0.243 e. The number of nitrogens with one attached hydrogen (secondary N) is 2. The number of rotatable bonds is 9. The van der Waals surface area contributed by atoms with Gasteiger partial charge in [-0.2, -0.15) is 0 Å². The molecule has 8 nitrogen and oxygen atoms in total. The highest BCUT2D eigenvalue weighted by Crippen LogP contribution is 1.98. The quantitative estimate of drug-likeness (QED) is 0.388. The first-order valence-corrected chi connectivity index (χ1v) is 8.75. The highest BCUT2D eigenvalue weighted by atomic mass is 16.2. The van der Waals surface area contributed by atoms with Crippen molar-refractivity contribution in [2.24, 2.45) is 4.99 Å². The molecule has 0 saturated carbocycles. The zero-order valence-corrected chi connectivity index (χ0v) is 15.4. The van der Waals surface area contributed by atoms with E-state index in [-0.39, 0.29) is 12.5 Å². The van der Waals surface area contributed by atoms with E-state index in [0.29, 0.717) is 5.96 Å². The molecule has 2 aromatic rings. The van der Waals surface area contributed by atoms with Gasteiger partial charge in [-0.25, -0.2) is 4.99 Å². The monoisotopic (exact) mass is 357 g/mol. The van der Waals surface area contributed by atoms with Crippen molar-refractivity contribution in [1.82, 2.24) is 30.5 Å². The maximum absolute atomic E-state index is 11.8. The van der Waals surface area contributed by atoms with Crippen molar-refractivity contribution in [2.45, 2.75) is 19.4 Å². The molecule has 1 heterocycles. The van der Waals surface area contributed by atoms with Crippen LogP contribution in [0.3, 0.4) is 0 Å². The van der Waals surface area contributed by atoms with E-state index in [2.05, 4.69) is 38.1 Å². The van der Waals surface area contributed by atoms with Gasteiger partial charge < -0.3 is 15.5 Å². The Balaban J connectivity index is 1.79. The Morgan fingerprint density at radius 1 is 1.19 bits per heavy atom. The molecule has 0 spiro atoms. The zero-order valence-electron chi connectivity index (χ0n) is 15.4. The molecule has 8 heteroatoms. The number of hydrogen-bond donors (Lipinski definition) is 2. The minimum Gasteiger partial charge on any atom is -0.356 e. The van der Waals surface area contributed by atoms with Crippen molar-refractivity contribution < 1.29 is 4.79 Å². The third-order valence-corrected chi connectivity index (χ3v) is 3.75. The van der Waals surface area contributed by atoms with Crippen LogP contribution >= 0.6 is 0 Å². The molecule has 1 aromatic heterocycles. The maximum Gasteiger partial charge on any atom is 0.243 e. The van der Waals surface area contributed by atoms with Gasteiger partial charge in [0, 0.05) is 39.9 Å². The first-order chi connectivity index (χ1) is 12.6. The molecule has 1 aromatic carbocycles. The first-order valence-electron chi connectivity index (χ1n) is 8.75. The summed E-state index contributed by atoms with van der Waals surface area (Å²) in [4.78, 5) is 17.7. The van der Waals surface area contributed by atoms with Crippen LogP contribution in [0.5, 0.6) is 0 Å². The Morgan fingerprint density at radius 3 is 2.65 bits per heavy atom. The fourth-order valence-corrected chi connectivity index (χ4v) is 2.23. The van der Waals surface area contributed by atoms with E-state index in [9.17, 15) is 4.79 Å². The van der Waals surface area contributed by atoms with Crippen LogP contribution in [0.25, 0.3) is 0 Å². The average Bonchev–Trinajstić information content (AvgIpc) is 3.16. The van der Waals surface area contributed by atoms with Gasteiger partial charge in [-0.1, -0.05) is 35.5 Å². The van der Waals surface area contributed by atoms with Gasteiger partial charge in [-0.3, -0.25) is 9.48 Å². The maximum atomic E-state index is 11.8. The van der Waals surface area contributed by atoms with Crippen LogP contribution in [-0.4, -0.2) is 65.5 Å². The van der Waals surface area contributed by atoms with E-state index in [4.69, 9.17) is 0 Å². The Morgan fingerprint density at radius 2 is 1.96 bits per heavy atom. The number of carbonyl (C=O) groups excluding carboxylic acids is 1. The second-order valence-corrected chi connectivity index (χ2v) is 6.06. The minimum atomic E-state index is -0.0308. The van der Waals surface area contributed by atoms with Crippen LogP contribution < -0.4 is 10.6 Å². The summed E-state index contributed by atoms with van der Waals surface area (Å²) in [6.07, 6.45) is 5.27. The molecule has 2 rings (SSSR count). The fraction of sp³-hybridized carbons (Fsp3) is 0.444. The molecule has 1 amide bonds. The first kappa shape index (κ1) is 19.4. The summed E-state index contributed by atoms with van der Waals surface area (Å²) in [5.74, 6) is 0.617. The number of amides is 1. The standard InChI is InChI=1S/C18H27N7O/c1-24(2)17(26)15-21-18(19-10-6-13-25-14-12-22-23-25)20-11-9-16-7-4-3-5-8-16/h3-5,7-8,12,14H,6,9-11,13,15H2,1-2H3,(H2,19,20,21). The lowest BCUT2D eigenvalue weighted by Crippen LogP contribution is -2.40. The van der Waals surface area contributed by atoms with Crippen LogP contribution in [0.15, 0.2) is 47.7 Å². The molecule has 26 heavy (non-hydrogen) atoms. The van der Waals surface area contributed by atoms with Gasteiger partial charge in [0.2, 0.25) is 5.91 Å². The van der Waals surface area contributed by atoms with Crippen LogP contribution in [0.4, 0.5) is 0 Å². The molecular formula is C18H27N7O. The van der Waals surface area contributed by atoms with Gasteiger partial charge in [0.15, 0.2) is 5.96 Å². The summed E-state index contributed by atoms with van der Waals surface area (Å²) in [5.41, 5.74) is 1.26. The summed E-state index contributed by atoms with van der Waals surface area (Å²) in [6, 6.07) is 10.3. The van der Waals surface area contributed by atoms with Crippen molar-refractivity contribution in [3.63, 3.8) is 0 Å². The van der Waals surface area contributed by atoms with Crippen molar-refractivity contribution in [3.05, 3.63) is 48.3 Å². The van der Waals surface area contributed by atoms with Crippen LogP contribution in [0.2, 0.25) is 0 Å². The lowest BCUT2D eigenvalue weighted by atomic mass is 10.1. The van der Waals surface area contributed by atoms with Gasteiger partial charge in [0.1, 0.15) is 6.54 Å². The molecule has 140 valence electrons. The second-order valence-electron chi connectivity index (χ2n) is 6.06. The molecule has 0 unspecified atom stereocenters. The van der Waals surface area contributed by atoms with Crippen molar-refractivity contribution in [3.8, 4) is 0 Å². The van der Waals surface area contributed by atoms with Gasteiger partial charge in [-0.15, -0.1) is 5.10 Å².